The third-order valence-corrected chi connectivity index (χ3v) is 5.50. The van der Waals surface area contributed by atoms with Crippen LogP contribution < -0.4 is 4.74 Å². The van der Waals surface area contributed by atoms with E-state index in [2.05, 4.69) is 18.2 Å². The van der Waals surface area contributed by atoms with Gasteiger partial charge in [0.25, 0.3) is 0 Å². The largest absolute Gasteiger partial charge is 0.480 e. The van der Waals surface area contributed by atoms with Crippen LogP contribution in [-0.2, 0) is 4.79 Å². The highest BCUT2D eigenvalue weighted by atomic mass is 35.5. The van der Waals surface area contributed by atoms with E-state index in [0.29, 0.717) is 15.8 Å². The molecule has 0 fully saturated rings. The van der Waals surface area contributed by atoms with Gasteiger partial charge >= 0.3 is 5.97 Å². The Labute approximate surface area is 183 Å². The van der Waals surface area contributed by atoms with Crippen LogP contribution >= 0.6 is 35.0 Å². The third-order valence-electron chi connectivity index (χ3n) is 4.03. The van der Waals surface area contributed by atoms with Gasteiger partial charge in [-0.1, -0.05) is 71.7 Å². The quantitative estimate of drug-likeness (QED) is 0.393. The fourth-order valence-corrected chi connectivity index (χ4v) is 3.93. The van der Waals surface area contributed by atoms with E-state index in [1.807, 2.05) is 48.5 Å². The molecule has 3 aromatic carbocycles. The van der Waals surface area contributed by atoms with E-state index in [1.54, 1.807) is 23.9 Å². The molecular weight excluding hydrogens is 427 g/mol. The van der Waals surface area contributed by atoms with Gasteiger partial charge in [-0.05, 0) is 47.0 Å². The van der Waals surface area contributed by atoms with Crippen molar-refractivity contribution in [3.63, 3.8) is 0 Å². The van der Waals surface area contributed by atoms with Gasteiger partial charge in [0.05, 0.1) is 5.02 Å². The maximum absolute atomic E-state index is 10.6. The first-order valence-electron chi connectivity index (χ1n) is 8.81. The van der Waals surface area contributed by atoms with Crippen LogP contribution in [0.15, 0.2) is 83.8 Å². The molecule has 3 aromatic rings. The summed E-state index contributed by atoms with van der Waals surface area (Å²) in [6.07, 6.45) is 2.17. The van der Waals surface area contributed by atoms with Crippen molar-refractivity contribution in [1.29, 1.82) is 0 Å². The Kier molecular flexibility index (Phi) is 7.64. The van der Waals surface area contributed by atoms with Crippen molar-refractivity contribution in [2.24, 2.45) is 0 Å². The minimum Gasteiger partial charge on any atom is -0.480 e. The smallest absolute Gasteiger partial charge is 0.341 e. The Hall–Kier alpha value is -2.40. The predicted molar refractivity (Wildman–Crippen MR) is 120 cm³/mol. The van der Waals surface area contributed by atoms with Crippen LogP contribution in [0.4, 0.5) is 0 Å². The number of halogens is 2. The van der Waals surface area contributed by atoms with Gasteiger partial charge in [-0.2, -0.15) is 0 Å². The fourth-order valence-electron chi connectivity index (χ4n) is 2.70. The zero-order valence-electron chi connectivity index (χ0n) is 15.3. The Balaban J connectivity index is 1.75. The molecule has 0 amide bonds. The van der Waals surface area contributed by atoms with Crippen LogP contribution in [0.3, 0.4) is 0 Å². The standard InChI is InChI=1S/C23H18Cl2O3S/c24-18-8-6-17(7-9-18)20(16-4-2-1-3-5-16)12-13-29-19-10-11-22(21(25)14-19)28-15-23(26)27/h1-12,14H,13,15H2,(H,26,27)/b20-12+. The number of aliphatic carboxylic acids is 1. The number of ether oxygens (including phenoxy) is 1. The molecule has 148 valence electrons. The van der Waals surface area contributed by atoms with E-state index < -0.39 is 12.6 Å². The molecule has 0 radical (unpaired) electrons. The lowest BCUT2D eigenvalue weighted by molar-refractivity contribution is -0.139. The predicted octanol–water partition coefficient (Wildman–Crippen LogP) is 6.68. The van der Waals surface area contributed by atoms with Crippen molar-refractivity contribution in [2.75, 3.05) is 12.4 Å². The van der Waals surface area contributed by atoms with Crippen LogP contribution in [0.25, 0.3) is 5.57 Å². The number of hydrogen-bond donors (Lipinski definition) is 1. The molecule has 0 heterocycles. The topological polar surface area (TPSA) is 46.5 Å². The van der Waals surface area contributed by atoms with Gasteiger partial charge in [0.2, 0.25) is 0 Å². The summed E-state index contributed by atoms with van der Waals surface area (Å²) in [6, 6.07) is 23.3. The lowest BCUT2D eigenvalue weighted by atomic mass is 9.98. The highest BCUT2D eigenvalue weighted by molar-refractivity contribution is 7.99. The first kappa shape index (κ1) is 21.3. The van der Waals surface area contributed by atoms with Crippen LogP contribution in [0.5, 0.6) is 5.75 Å². The molecule has 1 N–H and O–H groups in total. The molecule has 3 nitrogen and oxygen atoms in total. The first-order valence-corrected chi connectivity index (χ1v) is 10.6. The maximum atomic E-state index is 10.6. The van der Waals surface area contributed by atoms with E-state index >= 15 is 0 Å². The maximum Gasteiger partial charge on any atom is 0.341 e. The second-order valence-electron chi connectivity index (χ2n) is 6.08. The van der Waals surface area contributed by atoms with Crippen molar-refractivity contribution in [2.45, 2.75) is 4.90 Å². The molecule has 29 heavy (non-hydrogen) atoms. The molecule has 0 aliphatic carbocycles. The van der Waals surface area contributed by atoms with Gasteiger partial charge < -0.3 is 9.84 Å². The Morgan fingerprint density at radius 1 is 0.966 bits per heavy atom. The molecule has 0 saturated heterocycles. The van der Waals surface area contributed by atoms with Gasteiger partial charge in [0.1, 0.15) is 5.75 Å². The molecule has 6 heteroatoms. The van der Waals surface area contributed by atoms with E-state index in [0.717, 1.165) is 27.3 Å². The van der Waals surface area contributed by atoms with Crippen molar-refractivity contribution in [3.05, 3.63) is 100 Å². The van der Waals surface area contributed by atoms with Crippen molar-refractivity contribution in [1.82, 2.24) is 0 Å². The molecule has 0 aliphatic heterocycles. The summed E-state index contributed by atoms with van der Waals surface area (Å²) in [6.45, 7) is -0.420. The lowest BCUT2D eigenvalue weighted by Gasteiger charge is -2.10. The average molecular weight is 445 g/mol. The van der Waals surface area contributed by atoms with Crippen LogP contribution in [-0.4, -0.2) is 23.4 Å². The van der Waals surface area contributed by atoms with Crippen molar-refractivity contribution < 1.29 is 14.6 Å². The molecule has 0 atom stereocenters. The highest BCUT2D eigenvalue weighted by Crippen LogP contribution is 2.31. The van der Waals surface area contributed by atoms with Crippen LogP contribution in [0.2, 0.25) is 10.0 Å². The molecule has 0 saturated carbocycles. The highest BCUT2D eigenvalue weighted by Gasteiger charge is 2.07. The van der Waals surface area contributed by atoms with E-state index in [-0.39, 0.29) is 0 Å². The molecular formula is C23H18Cl2O3S. The van der Waals surface area contributed by atoms with Gasteiger partial charge in [-0.15, -0.1) is 11.8 Å². The van der Waals surface area contributed by atoms with Gasteiger partial charge in [0, 0.05) is 15.7 Å². The van der Waals surface area contributed by atoms with Gasteiger partial charge in [0.15, 0.2) is 6.61 Å². The Morgan fingerprint density at radius 3 is 2.31 bits per heavy atom. The molecule has 0 aromatic heterocycles. The first-order chi connectivity index (χ1) is 14.0. The van der Waals surface area contributed by atoms with Gasteiger partial charge in [-0.3, -0.25) is 0 Å². The normalized spacial score (nSPS) is 11.3. The molecule has 0 spiro atoms. The minimum absolute atomic E-state index is 0.361. The van der Waals surface area contributed by atoms with E-state index in [4.69, 9.17) is 33.0 Å². The van der Waals surface area contributed by atoms with Gasteiger partial charge in [-0.25, -0.2) is 4.79 Å². The fraction of sp³-hybridized carbons (Fsp3) is 0.0870. The SMILES string of the molecule is O=C(O)COc1ccc(SC/C=C(\c2ccccc2)c2ccc(Cl)cc2)cc1Cl. The summed E-state index contributed by atoms with van der Waals surface area (Å²) < 4.78 is 5.16. The van der Waals surface area contributed by atoms with Crippen LogP contribution in [0, 0.1) is 0 Å². The molecule has 0 bridgehead atoms. The van der Waals surface area contributed by atoms with Crippen LogP contribution in [0.1, 0.15) is 11.1 Å². The number of hydrogen-bond acceptors (Lipinski definition) is 3. The number of carboxylic acids is 1. The monoisotopic (exact) mass is 444 g/mol. The molecule has 0 aliphatic rings. The number of carboxylic acid groups (broad SMARTS) is 1. The van der Waals surface area contributed by atoms with Crippen molar-refractivity contribution >= 4 is 46.5 Å². The zero-order valence-corrected chi connectivity index (χ0v) is 17.7. The minimum atomic E-state index is -1.04. The Morgan fingerprint density at radius 2 is 1.66 bits per heavy atom. The number of rotatable bonds is 8. The Bertz CT molecular complexity index is 1000. The molecule has 0 unspecified atom stereocenters. The van der Waals surface area contributed by atoms with E-state index in [9.17, 15) is 4.79 Å². The summed E-state index contributed by atoms with van der Waals surface area (Å²) in [4.78, 5) is 11.6. The summed E-state index contributed by atoms with van der Waals surface area (Å²) in [5, 5.41) is 9.80. The lowest BCUT2D eigenvalue weighted by Crippen LogP contribution is -2.09. The summed E-state index contributed by atoms with van der Waals surface area (Å²) in [5.41, 5.74) is 3.35. The average Bonchev–Trinajstić information content (AvgIpc) is 2.72. The second-order valence-corrected chi connectivity index (χ2v) is 8.01. The molecule has 3 rings (SSSR count). The number of benzene rings is 3. The second kappa shape index (κ2) is 10.4. The zero-order chi connectivity index (χ0) is 20.6. The number of carbonyl (C=O) groups is 1. The summed E-state index contributed by atoms with van der Waals surface area (Å²) >= 11 is 13.9. The number of thioether (sulfide) groups is 1. The van der Waals surface area contributed by atoms with E-state index in [1.165, 1.54) is 0 Å². The van der Waals surface area contributed by atoms with Crippen molar-refractivity contribution in [3.8, 4) is 5.75 Å². The summed E-state index contributed by atoms with van der Waals surface area (Å²) in [7, 11) is 0. The third kappa shape index (κ3) is 6.29. The summed E-state index contributed by atoms with van der Waals surface area (Å²) in [5.74, 6) is 0.0544.